The molecule has 1 saturated heterocycles. The first-order valence-corrected chi connectivity index (χ1v) is 7.76. The highest BCUT2D eigenvalue weighted by atomic mass is 16.5. The highest BCUT2D eigenvalue weighted by Gasteiger charge is 2.22. The van der Waals surface area contributed by atoms with Gasteiger partial charge in [0.2, 0.25) is 0 Å². The Morgan fingerprint density at radius 1 is 1.45 bits per heavy atom. The molecule has 0 radical (unpaired) electrons. The zero-order valence-electron chi connectivity index (χ0n) is 13.1. The van der Waals surface area contributed by atoms with Crippen LogP contribution >= 0.6 is 0 Å². The van der Waals surface area contributed by atoms with Gasteiger partial charge in [-0.25, -0.2) is 0 Å². The van der Waals surface area contributed by atoms with E-state index in [1.807, 2.05) is 6.07 Å². The number of nitrogens with zero attached hydrogens (tertiary/aromatic N) is 1. The molecule has 112 valence electrons. The third-order valence-electron chi connectivity index (χ3n) is 4.42. The van der Waals surface area contributed by atoms with Gasteiger partial charge in [0.1, 0.15) is 5.75 Å². The standard InChI is InChI=1S/C17H28N2O/c1-4-14-6-5-9-19(11-14)12-16(18)15-10-13(2)7-8-17(15)20-3/h7-8,10,14,16H,4-6,9,11-12,18H2,1-3H3. The molecule has 20 heavy (non-hydrogen) atoms. The first kappa shape index (κ1) is 15.3. The summed E-state index contributed by atoms with van der Waals surface area (Å²) in [5.74, 6) is 1.75. The molecule has 1 aromatic carbocycles. The molecule has 0 amide bonds. The van der Waals surface area contributed by atoms with Gasteiger partial charge in [-0.3, -0.25) is 0 Å². The van der Waals surface area contributed by atoms with Crippen LogP contribution in [0.3, 0.4) is 0 Å². The number of likely N-dealkylation sites (tertiary alicyclic amines) is 1. The van der Waals surface area contributed by atoms with Crippen LogP contribution in [-0.4, -0.2) is 31.6 Å². The molecule has 1 fully saturated rings. The number of hydrogen-bond acceptors (Lipinski definition) is 3. The van der Waals surface area contributed by atoms with Crippen LogP contribution in [0.25, 0.3) is 0 Å². The summed E-state index contributed by atoms with van der Waals surface area (Å²) in [5, 5.41) is 0. The summed E-state index contributed by atoms with van der Waals surface area (Å²) in [6, 6.07) is 6.28. The molecule has 2 rings (SSSR count). The Labute approximate surface area is 123 Å². The molecule has 0 bridgehead atoms. The molecule has 3 heteroatoms. The van der Waals surface area contributed by atoms with Crippen molar-refractivity contribution >= 4 is 0 Å². The largest absolute Gasteiger partial charge is 0.496 e. The van der Waals surface area contributed by atoms with Gasteiger partial charge in [-0.1, -0.05) is 31.0 Å². The average molecular weight is 276 g/mol. The Morgan fingerprint density at radius 2 is 2.25 bits per heavy atom. The summed E-state index contributed by atoms with van der Waals surface area (Å²) in [6.07, 6.45) is 3.95. The first-order valence-electron chi connectivity index (χ1n) is 7.76. The summed E-state index contributed by atoms with van der Waals surface area (Å²) in [7, 11) is 1.72. The van der Waals surface area contributed by atoms with Crippen LogP contribution in [0.2, 0.25) is 0 Å². The summed E-state index contributed by atoms with van der Waals surface area (Å²) in [4.78, 5) is 2.52. The highest BCUT2D eigenvalue weighted by molar-refractivity contribution is 5.39. The minimum atomic E-state index is 0.0282. The Balaban J connectivity index is 2.04. The fourth-order valence-corrected chi connectivity index (χ4v) is 3.17. The molecule has 0 saturated carbocycles. The van der Waals surface area contributed by atoms with E-state index in [1.165, 1.54) is 37.9 Å². The number of hydrogen-bond donors (Lipinski definition) is 1. The predicted octanol–water partition coefficient (Wildman–Crippen LogP) is 3.13. The maximum Gasteiger partial charge on any atom is 0.123 e. The summed E-state index contributed by atoms with van der Waals surface area (Å²) in [6.45, 7) is 7.69. The lowest BCUT2D eigenvalue weighted by Crippen LogP contribution is -2.39. The third kappa shape index (κ3) is 3.74. The molecular formula is C17H28N2O. The van der Waals surface area contributed by atoms with Crippen molar-refractivity contribution < 1.29 is 4.74 Å². The molecule has 1 heterocycles. The van der Waals surface area contributed by atoms with Crippen molar-refractivity contribution in [1.82, 2.24) is 4.90 Å². The Hall–Kier alpha value is -1.06. The van der Waals surface area contributed by atoms with Crippen molar-refractivity contribution in [3.8, 4) is 5.75 Å². The molecule has 2 atom stereocenters. The van der Waals surface area contributed by atoms with Crippen LogP contribution in [0.1, 0.15) is 43.4 Å². The minimum Gasteiger partial charge on any atom is -0.496 e. The second kappa shape index (κ2) is 7.09. The van der Waals surface area contributed by atoms with Crippen LogP contribution in [0.5, 0.6) is 5.75 Å². The zero-order valence-corrected chi connectivity index (χ0v) is 13.1. The predicted molar refractivity (Wildman–Crippen MR) is 84.1 cm³/mol. The lowest BCUT2D eigenvalue weighted by atomic mass is 9.94. The lowest BCUT2D eigenvalue weighted by Gasteiger charge is -2.34. The number of piperidine rings is 1. The molecule has 2 N–H and O–H groups in total. The van der Waals surface area contributed by atoms with E-state index in [1.54, 1.807) is 7.11 Å². The Kier molecular flexibility index (Phi) is 5.44. The van der Waals surface area contributed by atoms with E-state index in [0.29, 0.717) is 0 Å². The quantitative estimate of drug-likeness (QED) is 0.898. The van der Waals surface area contributed by atoms with Crippen LogP contribution in [0.4, 0.5) is 0 Å². The van der Waals surface area contributed by atoms with E-state index in [0.717, 1.165) is 23.8 Å². The van der Waals surface area contributed by atoms with Crippen molar-refractivity contribution in [2.24, 2.45) is 11.7 Å². The van der Waals surface area contributed by atoms with E-state index in [2.05, 4.69) is 30.9 Å². The van der Waals surface area contributed by atoms with Gasteiger partial charge in [0.05, 0.1) is 7.11 Å². The van der Waals surface area contributed by atoms with Crippen molar-refractivity contribution in [2.45, 2.75) is 39.2 Å². The molecule has 0 aliphatic carbocycles. The molecule has 2 unspecified atom stereocenters. The van der Waals surface area contributed by atoms with E-state index in [9.17, 15) is 0 Å². The SMILES string of the molecule is CCC1CCCN(CC(N)c2cc(C)ccc2OC)C1. The molecule has 1 aromatic rings. The van der Waals surface area contributed by atoms with Crippen LogP contribution in [-0.2, 0) is 0 Å². The van der Waals surface area contributed by atoms with E-state index in [-0.39, 0.29) is 6.04 Å². The first-order chi connectivity index (χ1) is 9.63. The van der Waals surface area contributed by atoms with E-state index < -0.39 is 0 Å². The van der Waals surface area contributed by atoms with Gasteiger partial charge >= 0.3 is 0 Å². The lowest BCUT2D eigenvalue weighted by molar-refractivity contribution is 0.163. The van der Waals surface area contributed by atoms with Gasteiger partial charge < -0.3 is 15.4 Å². The number of aryl methyl sites for hydroxylation is 1. The van der Waals surface area contributed by atoms with E-state index >= 15 is 0 Å². The number of benzene rings is 1. The second-order valence-electron chi connectivity index (χ2n) is 6.03. The summed E-state index contributed by atoms with van der Waals surface area (Å²) >= 11 is 0. The van der Waals surface area contributed by atoms with Gasteiger partial charge in [-0.05, 0) is 38.3 Å². The van der Waals surface area contributed by atoms with Crippen molar-refractivity contribution in [2.75, 3.05) is 26.7 Å². The fourth-order valence-electron chi connectivity index (χ4n) is 3.17. The van der Waals surface area contributed by atoms with Crippen molar-refractivity contribution in [3.05, 3.63) is 29.3 Å². The smallest absolute Gasteiger partial charge is 0.123 e. The van der Waals surface area contributed by atoms with Crippen LogP contribution in [0, 0.1) is 12.8 Å². The van der Waals surface area contributed by atoms with Gasteiger partial charge in [0.25, 0.3) is 0 Å². The van der Waals surface area contributed by atoms with Crippen molar-refractivity contribution in [3.63, 3.8) is 0 Å². The maximum absolute atomic E-state index is 6.44. The summed E-state index contributed by atoms with van der Waals surface area (Å²) in [5.41, 5.74) is 8.80. The van der Waals surface area contributed by atoms with Gasteiger partial charge in [0.15, 0.2) is 0 Å². The average Bonchev–Trinajstić information content (AvgIpc) is 2.47. The molecule has 3 nitrogen and oxygen atoms in total. The highest BCUT2D eigenvalue weighted by Crippen LogP contribution is 2.27. The molecule has 1 aliphatic heterocycles. The maximum atomic E-state index is 6.44. The van der Waals surface area contributed by atoms with Gasteiger partial charge in [0, 0.05) is 24.7 Å². The van der Waals surface area contributed by atoms with Gasteiger partial charge in [-0.15, -0.1) is 0 Å². The van der Waals surface area contributed by atoms with E-state index in [4.69, 9.17) is 10.5 Å². The third-order valence-corrected chi connectivity index (χ3v) is 4.42. The number of ether oxygens (including phenoxy) is 1. The minimum absolute atomic E-state index is 0.0282. The molecule has 1 aliphatic rings. The second-order valence-corrected chi connectivity index (χ2v) is 6.03. The van der Waals surface area contributed by atoms with Crippen LogP contribution in [0.15, 0.2) is 18.2 Å². The number of nitrogens with two attached hydrogens (primary N) is 1. The fraction of sp³-hybridized carbons (Fsp3) is 0.647. The van der Waals surface area contributed by atoms with Gasteiger partial charge in [-0.2, -0.15) is 0 Å². The van der Waals surface area contributed by atoms with Crippen molar-refractivity contribution in [1.29, 1.82) is 0 Å². The Morgan fingerprint density at radius 3 is 2.95 bits per heavy atom. The number of rotatable bonds is 5. The van der Waals surface area contributed by atoms with Crippen LogP contribution < -0.4 is 10.5 Å². The molecule has 0 aromatic heterocycles. The number of methoxy groups -OCH3 is 1. The molecular weight excluding hydrogens is 248 g/mol. The normalized spacial score (nSPS) is 21.7. The Bertz CT molecular complexity index is 433. The monoisotopic (exact) mass is 276 g/mol. The zero-order chi connectivity index (χ0) is 14.5. The topological polar surface area (TPSA) is 38.5 Å². The summed E-state index contributed by atoms with van der Waals surface area (Å²) < 4.78 is 5.45. The molecule has 0 spiro atoms.